The molecule has 4 nitrogen and oxygen atoms in total. The van der Waals surface area contributed by atoms with Gasteiger partial charge in [-0.3, -0.25) is 10.1 Å². The fraction of sp³-hybridized carbons (Fsp3) is 0. The lowest BCUT2D eigenvalue weighted by atomic mass is 9.98. The minimum Gasteiger partial charge on any atom is -0.382 e. The van der Waals surface area contributed by atoms with E-state index in [9.17, 15) is 4.39 Å². The van der Waals surface area contributed by atoms with Crippen LogP contribution in [-0.2, 0) is 0 Å². The summed E-state index contributed by atoms with van der Waals surface area (Å²) >= 11 is 5.91. The summed E-state index contributed by atoms with van der Waals surface area (Å²) in [5.74, 6) is 0.0144. The van der Waals surface area contributed by atoms with Gasteiger partial charge in [-0.1, -0.05) is 23.7 Å². The molecular weight excluding hydrogens is 327 g/mol. The first kappa shape index (κ1) is 14.7. The molecule has 0 saturated heterocycles. The maximum atomic E-state index is 13.4. The molecular formula is C18H12ClFN4. The summed E-state index contributed by atoms with van der Waals surface area (Å²) in [5, 5.41) is 7.86. The van der Waals surface area contributed by atoms with Crippen molar-refractivity contribution in [1.29, 1.82) is 0 Å². The molecule has 0 atom stereocenters. The van der Waals surface area contributed by atoms with E-state index >= 15 is 0 Å². The molecule has 6 heteroatoms. The van der Waals surface area contributed by atoms with E-state index < -0.39 is 5.82 Å². The van der Waals surface area contributed by atoms with Crippen molar-refractivity contribution in [2.24, 2.45) is 0 Å². The lowest BCUT2D eigenvalue weighted by molar-refractivity contribution is 0.628. The lowest BCUT2D eigenvalue weighted by Crippen LogP contribution is -1.90. The molecule has 0 saturated carbocycles. The number of anilines is 1. The normalized spacial score (nSPS) is 11.1. The molecule has 2 aromatic heterocycles. The van der Waals surface area contributed by atoms with Gasteiger partial charge in [-0.15, -0.1) is 0 Å². The van der Waals surface area contributed by atoms with E-state index in [2.05, 4.69) is 15.2 Å². The Balaban J connectivity index is 1.90. The Morgan fingerprint density at radius 2 is 1.88 bits per heavy atom. The van der Waals surface area contributed by atoms with Gasteiger partial charge in [-0.2, -0.15) is 5.10 Å². The van der Waals surface area contributed by atoms with Crippen molar-refractivity contribution in [2.45, 2.75) is 0 Å². The fourth-order valence-corrected chi connectivity index (χ4v) is 2.90. The highest BCUT2D eigenvalue weighted by molar-refractivity contribution is 6.31. The third-order valence-corrected chi connectivity index (χ3v) is 4.19. The molecule has 2 aromatic carbocycles. The highest BCUT2D eigenvalue weighted by Crippen LogP contribution is 2.33. The Bertz CT molecular complexity index is 1060. The third-order valence-electron chi connectivity index (χ3n) is 3.90. The van der Waals surface area contributed by atoms with Crippen LogP contribution in [0.5, 0.6) is 0 Å². The molecule has 0 aliphatic rings. The number of nitrogens with two attached hydrogens (primary N) is 1. The Morgan fingerprint density at radius 3 is 2.71 bits per heavy atom. The Hall–Kier alpha value is -2.92. The maximum Gasteiger partial charge on any atom is 0.153 e. The number of benzene rings is 2. The van der Waals surface area contributed by atoms with Crippen molar-refractivity contribution < 1.29 is 4.39 Å². The largest absolute Gasteiger partial charge is 0.382 e. The van der Waals surface area contributed by atoms with E-state index in [-0.39, 0.29) is 5.02 Å². The second-order valence-electron chi connectivity index (χ2n) is 5.40. The van der Waals surface area contributed by atoms with Crippen molar-refractivity contribution >= 4 is 28.3 Å². The molecule has 2 heterocycles. The summed E-state index contributed by atoms with van der Waals surface area (Å²) in [6.45, 7) is 0. The van der Waals surface area contributed by atoms with E-state index in [4.69, 9.17) is 17.3 Å². The monoisotopic (exact) mass is 338 g/mol. The number of rotatable bonds is 2. The number of aromatic amines is 1. The summed E-state index contributed by atoms with van der Waals surface area (Å²) < 4.78 is 13.4. The SMILES string of the molecule is Nc1n[nH]c2cc(-c3cccnc3-c3ccc(F)c(Cl)c3)ccc12. The zero-order chi connectivity index (χ0) is 16.7. The van der Waals surface area contributed by atoms with E-state index in [0.29, 0.717) is 5.82 Å². The fourth-order valence-electron chi connectivity index (χ4n) is 2.72. The van der Waals surface area contributed by atoms with Gasteiger partial charge in [0.2, 0.25) is 0 Å². The van der Waals surface area contributed by atoms with Gasteiger partial charge in [0.25, 0.3) is 0 Å². The Kier molecular flexibility index (Phi) is 3.43. The molecule has 0 aliphatic carbocycles. The summed E-state index contributed by atoms with van der Waals surface area (Å²) in [6.07, 6.45) is 1.70. The predicted molar refractivity (Wildman–Crippen MR) is 94.1 cm³/mol. The van der Waals surface area contributed by atoms with Crippen LogP contribution in [0.15, 0.2) is 54.7 Å². The first-order chi connectivity index (χ1) is 11.6. The number of pyridine rings is 1. The molecule has 0 fully saturated rings. The first-order valence-electron chi connectivity index (χ1n) is 7.28. The van der Waals surface area contributed by atoms with Gasteiger partial charge < -0.3 is 5.73 Å². The number of fused-ring (bicyclic) bond motifs is 1. The van der Waals surface area contributed by atoms with Gasteiger partial charge in [-0.25, -0.2) is 4.39 Å². The molecule has 0 aliphatic heterocycles. The van der Waals surface area contributed by atoms with Crippen LogP contribution in [-0.4, -0.2) is 15.2 Å². The smallest absolute Gasteiger partial charge is 0.153 e. The third kappa shape index (κ3) is 2.39. The molecule has 4 aromatic rings. The van der Waals surface area contributed by atoms with Crippen LogP contribution in [0.4, 0.5) is 10.2 Å². The quantitative estimate of drug-likeness (QED) is 0.558. The Labute approximate surface area is 142 Å². The van der Waals surface area contributed by atoms with Gasteiger partial charge in [-0.05, 0) is 42.0 Å². The van der Waals surface area contributed by atoms with E-state index in [1.807, 2.05) is 30.3 Å². The van der Waals surface area contributed by atoms with Crippen molar-refractivity contribution in [3.63, 3.8) is 0 Å². The van der Waals surface area contributed by atoms with E-state index in [1.165, 1.54) is 6.07 Å². The lowest BCUT2D eigenvalue weighted by Gasteiger charge is -2.10. The molecule has 0 amide bonds. The number of nitrogens with zero attached hydrogens (tertiary/aromatic N) is 2. The van der Waals surface area contributed by atoms with Gasteiger partial charge in [0.1, 0.15) is 5.82 Å². The topological polar surface area (TPSA) is 67.6 Å². The number of nitrogens with one attached hydrogen (secondary N) is 1. The molecule has 4 rings (SSSR count). The number of halogens is 2. The molecule has 0 spiro atoms. The van der Waals surface area contributed by atoms with Gasteiger partial charge in [0.15, 0.2) is 5.82 Å². The van der Waals surface area contributed by atoms with Gasteiger partial charge in [0.05, 0.1) is 16.2 Å². The van der Waals surface area contributed by atoms with Gasteiger partial charge >= 0.3 is 0 Å². The summed E-state index contributed by atoms with van der Waals surface area (Å²) in [7, 11) is 0. The zero-order valence-corrected chi connectivity index (χ0v) is 13.2. The molecule has 3 N–H and O–H groups in total. The van der Waals surface area contributed by atoms with Crippen LogP contribution in [0.25, 0.3) is 33.3 Å². The molecule has 0 bridgehead atoms. The number of nitrogen functional groups attached to an aromatic ring is 1. The van der Waals surface area contributed by atoms with Crippen LogP contribution in [0.3, 0.4) is 0 Å². The maximum absolute atomic E-state index is 13.4. The Morgan fingerprint density at radius 1 is 1.04 bits per heavy atom. The highest BCUT2D eigenvalue weighted by atomic mass is 35.5. The average molecular weight is 339 g/mol. The summed E-state index contributed by atoms with van der Waals surface area (Å²) in [5.41, 5.74) is 10.0. The second-order valence-corrected chi connectivity index (χ2v) is 5.80. The van der Waals surface area contributed by atoms with Gasteiger partial charge in [0, 0.05) is 22.7 Å². The molecule has 118 valence electrons. The zero-order valence-electron chi connectivity index (χ0n) is 12.4. The van der Waals surface area contributed by atoms with Crippen LogP contribution >= 0.6 is 11.6 Å². The average Bonchev–Trinajstić information content (AvgIpc) is 2.98. The van der Waals surface area contributed by atoms with Crippen molar-refractivity contribution in [2.75, 3.05) is 5.73 Å². The van der Waals surface area contributed by atoms with Crippen molar-refractivity contribution in [3.8, 4) is 22.4 Å². The van der Waals surface area contributed by atoms with E-state index in [1.54, 1.807) is 18.3 Å². The number of H-pyrrole nitrogens is 1. The van der Waals surface area contributed by atoms with Crippen LogP contribution in [0.2, 0.25) is 5.02 Å². The van der Waals surface area contributed by atoms with Crippen LogP contribution < -0.4 is 5.73 Å². The minimum atomic E-state index is -0.452. The number of hydrogen-bond acceptors (Lipinski definition) is 3. The number of hydrogen-bond donors (Lipinski definition) is 2. The van der Waals surface area contributed by atoms with E-state index in [0.717, 1.165) is 33.3 Å². The summed E-state index contributed by atoms with van der Waals surface area (Å²) in [4.78, 5) is 4.45. The number of aromatic nitrogens is 3. The van der Waals surface area contributed by atoms with Crippen LogP contribution in [0, 0.1) is 5.82 Å². The second kappa shape index (κ2) is 5.62. The highest BCUT2D eigenvalue weighted by Gasteiger charge is 2.12. The summed E-state index contributed by atoms with van der Waals surface area (Å²) in [6, 6.07) is 14.2. The molecule has 0 unspecified atom stereocenters. The van der Waals surface area contributed by atoms with Crippen molar-refractivity contribution in [3.05, 3.63) is 65.6 Å². The van der Waals surface area contributed by atoms with Crippen LogP contribution in [0.1, 0.15) is 0 Å². The van der Waals surface area contributed by atoms with Crippen molar-refractivity contribution in [1.82, 2.24) is 15.2 Å². The molecule has 0 radical (unpaired) electrons. The first-order valence-corrected chi connectivity index (χ1v) is 7.66. The minimum absolute atomic E-state index is 0.0703. The molecule has 24 heavy (non-hydrogen) atoms. The predicted octanol–water partition coefficient (Wildman–Crippen LogP) is 4.67. The standard InChI is InChI=1S/C18H12ClFN4/c19-14-8-11(4-6-15(14)20)17-12(2-1-7-22-17)10-3-5-13-16(9-10)23-24-18(13)21/h1-9H,(H3,21,23,24).